The highest BCUT2D eigenvalue weighted by Crippen LogP contribution is 2.23. The zero-order valence-electron chi connectivity index (χ0n) is 15.1. The van der Waals surface area contributed by atoms with Crippen LogP contribution in [0.3, 0.4) is 0 Å². The number of fused-ring (bicyclic) bond motifs is 1. The first kappa shape index (κ1) is 18.5. The van der Waals surface area contributed by atoms with E-state index in [1.54, 1.807) is 36.4 Å². The Hall–Kier alpha value is -2.83. The number of hydrogen-bond donors (Lipinski definition) is 1. The monoisotopic (exact) mass is 411 g/mol. The molecule has 2 aromatic carbocycles. The molecule has 0 spiro atoms. The number of imidazole rings is 1. The van der Waals surface area contributed by atoms with Crippen molar-refractivity contribution in [1.82, 2.24) is 9.38 Å². The quantitative estimate of drug-likeness (QED) is 0.507. The van der Waals surface area contributed by atoms with Crippen LogP contribution in [0.25, 0.3) is 16.9 Å². The molecule has 28 heavy (non-hydrogen) atoms. The highest BCUT2D eigenvalue weighted by atomic mass is 35.5. The van der Waals surface area contributed by atoms with Crippen LogP contribution in [0.15, 0.2) is 73.1 Å². The van der Waals surface area contributed by atoms with Crippen molar-refractivity contribution in [1.29, 1.82) is 0 Å². The number of nitrogens with one attached hydrogen (secondary N) is 1. The Balaban J connectivity index is 1.51. The van der Waals surface area contributed by atoms with E-state index in [1.165, 1.54) is 0 Å². The van der Waals surface area contributed by atoms with Gasteiger partial charge in [0.1, 0.15) is 5.65 Å². The molecule has 4 rings (SSSR count). The molecule has 7 heteroatoms. The molecule has 2 heterocycles. The molecule has 0 fully saturated rings. The fourth-order valence-corrected chi connectivity index (χ4v) is 4.27. The first-order valence-electron chi connectivity index (χ1n) is 8.69. The predicted octanol–water partition coefficient (Wildman–Crippen LogP) is 4.91. The van der Waals surface area contributed by atoms with Crippen LogP contribution < -0.4 is 4.72 Å². The second kappa shape index (κ2) is 7.30. The third-order valence-corrected chi connectivity index (χ3v) is 5.85. The summed E-state index contributed by atoms with van der Waals surface area (Å²) < 4.78 is 29.4. The van der Waals surface area contributed by atoms with E-state index in [1.807, 2.05) is 48.0 Å². The first-order chi connectivity index (χ1) is 13.4. The van der Waals surface area contributed by atoms with Crippen LogP contribution in [0.4, 0.5) is 5.69 Å². The minimum Gasteiger partial charge on any atom is -0.306 e. The molecule has 4 aromatic rings. The Morgan fingerprint density at radius 3 is 2.46 bits per heavy atom. The van der Waals surface area contributed by atoms with E-state index in [4.69, 9.17) is 11.6 Å². The van der Waals surface area contributed by atoms with E-state index < -0.39 is 10.0 Å². The fourth-order valence-electron chi connectivity index (χ4n) is 2.95. The summed E-state index contributed by atoms with van der Waals surface area (Å²) in [5.74, 6) is -0.113. The van der Waals surface area contributed by atoms with Crippen LogP contribution in [-0.2, 0) is 15.8 Å². The molecule has 0 bridgehead atoms. The molecule has 0 aliphatic heterocycles. The van der Waals surface area contributed by atoms with E-state index in [-0.39, 0.29) is 5.75 Å². The second-order valence-electron chi connectivity index (χ2n) is 6.66. The number of aryl methyl sites for hydroxylation is 1. The molecule has 1 N–H and O–H groups in total. The number of anilines is 1. The van der Waals surface area contributed by atoms with E-state index in [0.29, 0.717) is 16.3 Å². The maximum absolute atomic E-state index is 12.4. The van der Waals surface area contributed by atoms with Gasteiger partial charge in [0.15, 0.2) is 0 Å². The molecule has 142 valence electrons. The van der Waals surface area contributed by atoms with Gasteiger partial charge in [0.25, 0.3) is 0 Å². The number of hydrogen-bond acceptors (Lipinski definition) is 3. The van der Waals surface area contributed by atoms with E-state index >= 15 is 0 Å². The first-order valence-corrected chi connectivity index (χ1v) is 10.7. The van der Waals surface area contributed by atoms with Gasteiger partial charge in [0.05, 0.1) is 11.4 Å². The van der Waals surface area contributed by atoms with Crippen LogP contribution in [0.5, 0.6) is 0 Å². The number of pyridine rings is 1. The molecule has 2 aromatic heterocycles. The number of benzene rings is 2. The van der Waals surface area contributed by atoms with Gasteiger partial charge in [0.2, 0.25) is 10.0 Å². The summed E-state index contributed by atoms with van der Waals surface area (Å²) in [6.45, 7) is 2.03. The van der Waals surface area contributed by atoms with Crippen molar-refractivity contribution >= 4 is 33.0 Å². The molecule has 0 atom stereocenters. The summed E-state index contributed by atoms with van der Waals surface area (Å²) in [5, 5.41) is 0.576. The number of halogens is 1. The second-order valence-corrected chi connectivity index (χ2v) is 8.82. The van der Waals surface area contributed by atoms with Crippen LogP contribution in [-0.4, -0.2) is 17.8 Å². The van der Waals surface area contributed by atoms with E-state index in [9.17, 15) is 8.42 Å². The maximum atomic E-state index is 12.4. The lowest BCUT2D eigenvalue weighted by Gasteiger charge is -2.09. The van der Waals surface area contributed by atoms with Gasteiger partial charge in [-0.15, -0.1) is 0 Å². The molecule has 0 saturated heterocycles. The summed E-state index contributed by atoms with van der Waals surface area (Å²) in [7, 11) is -3.52. The lowest BCUT2D eigenvalue weighted by Crippen LogP contribution is -2.14. The Bertz CT molecular complexity index is 1230. The SMILES string of the molecule is Cc1ccn2cc(-c3ccc(NS(=O)(=O)Cc4ccc(Cl)cc4)cc3)nc2c1. The largest absolute Gasteiger partial charge is 0.306 e. The summed E-state index contributed by atoms with van der Waals surface area (Å²) in [4.78, 5) is 4.62. The topological polar surface area (TPSA) is 63.5 Å². The fraction of sp³-hybridized carbons (Fsp3) is 0.0952. The summed E-state index contributed by atoms with van der Waals surface area (Å²) in [6, 6.07) is 18.0. The molecule has 0 aliphatic carbocycles. The summed E-state index contributed by atoms with van der Waals surface area (Å²) in [5.41, 5.74) is 4.96. The van der Waals surface area contributed by atoms with Crippen molar-refractivity contribution in [3.05, 3.63) is 89.2 Å². The van der Waals surface area contributed by atoms with Crippen LogP contribution in [0.2, 0.25) is 5.02 Å². The minimum absolute atomic E-state index is 0.113. The molecule has 5 nitrogen and oxygen atoms in total. The standard InChI is InChI=1S/C21H18ClN3O2S/c1-15-10-11-25-13-20(23-21(25)12-15)17-4-8-19(9-5-17)24-28(26,27)14-16-2-6-18(22)7-3-16/h2-13,24H,14H2,1H3. The van der Waals surface area contributed by atoms with Crippen molar-refractivity contribution < 1.29 is 8.42 Å². The zero-order valence-corrected chi connectivity index (χ0v) is 16.7. The van der Waals surface area contributed by atoms with Gasteiger partial charge in [-0.05, 0) is 54.4 Å². The maximum Gasteiger partial charge on any atom is 0.236 e. The lowest BCUT2D eigenvalue weighted by atomic mass is 10.1. The van der Waals surface area contributed by atoms with Gasteiger partial charge in [-0.1, -0.05) is 35.9 Å². The molecule has 0 radical (unpaired) electrons. The lowest BCUT2D eigenvalue weighted by molar-refractivity contribution is 0.600. The molecule has 0 aliphatic rings. The molecular formula is C21H18ClN3O2S. The summed E-state index contributed by atoms with van der Waals surface area (Å²) >= 11 is 5.84. The van der Waals surface area contributed by atoms with Gasteiger partial charge in [-0.3, -0.25) is 4.72 Å². The number of aromatic nitrogens is 2. The third-order valence-electron chi connectivity index (χ3n) is 4.34. The van der Waals surface area contributed by atoms with Crippen LogP contribution in [0, 0.1) is 6.92 Å². The minimum atomic E-state index is -3.52. The van der Waals surface area contributed by atoms with Crippen LogP contribution >= 0.6 is 11.6 Å². The number of rotatable bonds is 5. The number of sulfonamides is 1. The Morgan fingerprint density at radius 1 is 1.04 bits per heavy atom. The van der Waals surface area contributed by atoms with Crippen molar-refractivity contribution in [2.24, 2.45) is 0 Å². The van der Waals surface area contributed by atoms with Gasteiger partial charge >= 0.3 is 0 Å². The smallest absolute Gasteiger partial charge is 0.236 e. The van der Waals surface area contributed by atoms with E-state index in [0.717, 1.165) is 22.5 Å². The zero-order chi connectivity index (χ0) is 19.7. The van der Waals surface area contributed by atoms with Crippen LogP contribution in [0.1, 0.15) is 11.1 Å². The molecule has 0 saturated carbocycles. The highest BCUT2D eigenvalue weighted by Gasteiger charge is 2.12. The van der Waals surface area contributed by atoms with E-state index in [2.05, 4.69) is 9.71 Å². The van der Waals surface area contributed by atoms with Crippen molar-refractivity contribution in [2.75, 3.05) is 4.72 Å². The molecular weight excluding hydrogens is 394 g/mol. The Morgan fingerprint density at radius 2 is 1.75 bits per heavy atom. The van der Waals surface area contributed by atoms with Gasteiger partial charge < -0.3 is 4.40 Å². The normalized spacial score (nSPS) is 11.6. The van der Waals surface area contributed by atoms with Gasteiger partial charge in [-0.25, -0.2) is 13.4 Å². The van der Waals surface area contributed by atoms with Gasteiger partial charge in [-0.2, -0.15) is 0 Å². The molecule has 0 unspecified atom stereocenters. The highest BCUT2D eigenvalue weighted by molar-refractivity contribution is 7.91. The van der Waals surface area contributed by atoms with Crippen molar-refractivity contribution in [3.8, 4) is 11.3 Å². The predicted molar refractivity (Wildman–Crippen MR) is 113 cm³/mol. The number of nitrogens with zero attached hydrogens (tertiary/aromatic N) is 2. The van der Waals surface area contributed by atoms with Gasteiger partial charge in [0, 0.05) is 28.7 Å². The Kier molecular flexibility index (Phi) is 4.83. The van der Waals surface area contributed by atoms with Crippen molar-refractivity contribution in [2.45, 2.75) is 12.7 Å². The third kappa shape index (κ3) is 4.18. The summed E-state index contributed by atoms with van der Waals surface area (Å²) in [6.07, 6.45) is 3.93. The Labute approximate surface area is 168 Å². The van der Waals surface area contributed by atoms with Crippen molar-refractivity contribution in [3.63, 3.8) is 0 Å². The average Bonchev–Trinajstić information content (AvgIpc) is 3.07. The average molecular weight is 412 g/mol. The molecule has 0 amide bonds.